The van der Waals surface area contributed by atoms with E-state index in [1.807, 2.05) is 42.3 Å². The average Bonchev–Trinajstić information content (AvgIpc) is 2.88. The molecule has 0 aromatic heterocycles. The van der Waals surface area contributed by atoms with E-state index >= 15 is 4.39 Å². The molecule has 0 bridgehead atoms. The van der Waals surface area contributed by atoms with Crippen molar-refractivity contribution < 1.29 is 8.78 Å². The number of hydrogen-bond acceptors (Lipinski definition) is 5. The number of fused-ring (bicyclic) bond motifs is 1. The molecule has 6 nitrogen and oxygen atoms in total. The van der Waals surface area contributed by atoms with Gasteiger partial charge in [0.25, 0.3) is 0 Å². The van der Waals surface area contributed by atoms with E-state index in [-0.39, 0.29) is 23.8 Å². The summed E-state index contributed by atoms with van der Waals surface area (Å²) in [6.45, 7) is 11.5. The second-order valence-electron chi connectivity index (χ2n) is 8.99. The fourth-order valence-corrected chi connectivity index (χ4v) is 4.57. The van der Waals surface area contributed by atoms with Crippen LogP contribution in [-0.2, 0) is 13.0 Å². The van der Waals surface area contributed by atoms with Crippen LogP contribution in [0.25, 0.3) is 0 Å². The third kappa shape index (κ3) is 5.48. The first-order valence-corrected chi connectivity index (χ1v) is 12.1. The van der Waals surface area contributed by atoms with Crippen molar-refractivity contribution in [2.45, 2.75) is 26.3 Å². The lowest BCUT2D eigenvalue weighted by Crippen LogP contribution is -2.46. The van der Waals surface area contributed by atoms with Crippen LogP contribution < -0.4 is 20.9 Å². The number of allylic oxidation sites excluding steroid dienone is 1. The highest BCUT2D eigenvalue weighted by Gasteiger charge is 2.24. The number of nitrogens with one attached hydrogen (secondary N) is 1. The molecule has 0 atom stereocenters. The number of aryl methyl sites for hydroxylation is 1. The van der Waals surface area contributed by atoms with E-state index < -0.39 is 5.83 Å². The van der Waals surface area contributed by atoms with E-state index in [4.69, 9.17) is 5.73 Å². The molecule has 2 aliphatic rings. The summed E-state index contributed by atoms with van der Waals surface area (Å²) in [5, 5.41) is 3.01. The fourth-order valence-electron chi connectivity index (χ4n) is 4.57. The number of piperazine rings is 1. The van der Waals surface area contributed by atoms with Crippen LogP contribution in [0.5, 0.6) is 0 Å². The van der Waals surface area contributed by atoms with Gasteiger partial charge in [-0.3, -0.25) is 0 Å². The maximum Gasteiger partial charge on any atom is 0.184 e. The SMILES string of the molecule is C=CN=C(Nc1ccc(N2CCN(CC)CC2)cc1)/C(F)=C(\N)CCc1ccc2c(c1F)CN2C. The number of nitrogens with zero attached hydrogens (tertiary/aromatic N) is 4. The molecule has 1 saturated heterocycles. The monoisotopic (exact) mass is 480 g/mol. The summed E-state index contributed by atoms with van der Waals surface area (Å²) in [4.78, 5) is 10.8. The van der Waals surface area contributed by atoms with Gasteiger partial charge in [-0.2, -0.15) is 0 Å². The molecule has 0 aliphatic carbocycles. The van der Waals surface area contributed by atoms with Gasteiger partial charge in [-0.1, -0.05) is 19.6 Å². The van der Waals surface area contributed by atoms with Crippen molar-refractivity contribution in [2.24, 2.45) is 10.7 Å². The summed E-state index contributed by atoms with van der Waals surface area (Å²) < 4.78 is 29.9. The first-order chi connectivity index (χ1) is 16.9. The molecule has 2 aromatic carbocycles. The Balaban J connectivity index is 1.40. The summed E-state index contributed by atoms with van der Waals surface area (Å²) in [5.41, 5.74) is 10.1. The molecule has 0 saturated carbocycles. The van der Waals surface area contributed by atoms with E-state index in [1.54, 1.807) is 6.07 Å². The number of likely N-dealkylation sites (N-methyl/N-ethyl adjacent to an activating group) is 1. The van der Waals surface area contributed by atoms with Gasteiger partial charge in [-0.25, -0.2) is 13.8 Å². The van der Waals surface area contributed by atoms with Crippen molar-refractivity contribution in [3.05, 3.63) is 77.6 Å². The Morgan fingerprint density at radius 3 is 2.49 bits per heavy atom. The van der Waals surface area contributed by atoms with Crippen LogP contribution in [0.3, 0.4) is 0 Å². The molecule has 0 unspecified atom stereocenters. The number of aliphatic imine (C=N–C) groups is 1. The van der Waals surface area contributed by atoms with Crippen LogP contribution in [0.4, 0.5) is 25.8 Å². The van der Waals surface area contributed by atoms with Gasteiger partial charge >= 0.3 is 0 Å². The first-order valence-electron chi connectivity index (χ1n) is 12.1. The van der Waals surface area contributed by atoms with Crippen molar-refractivity contribution in [1.29, 1.82) is 0 Å². The largest absolute Gasteiger partial charge is 0.400 e. The molecule has 35 heavy (non-hydrogen) atoms. The van der Waals surface area contributed by atoms with Crippen LogP contribution in [-0.4, -0.2) is 50.5 Å². The Morgan fingerprint density at radius 2 is 1.86 bits per heavy atom. The maximum absolute atomic E-state index is 15.2. The normalized spacial score (nSPS) is 17.0. The fraction of sp³-hybridized carbons (Fsp3) is 0.370. The molecular weight excluding hydrogens is 446 g/mol. The van der Waals surface area contributed by atoms with E-state index in [2.05, 4.69) is 33.6 Å². The quantitative estimate of drug-likeness (QED) is 0.426. The number of amidine groups is 1. The highest BCUT2D eigenvalue weighted by Crippen LogP contribution is 2.35. The van der Waals surface area contributed by atoms with Crippen molar-refractivity contribution in [1.82, 2.24) is 4.90 Å². The van der Waals surface area contributed by atoms with E-state index in [9.17, 15) is 4.39 Å². The van der Waals surface area contributed by atoms with Crippen LogP contribution in [0.15, 0.2) is 65.7 Å². The van der Waals surface area contributed by atoms with Gasteiger partial charge in [0, 0.05) is 74.3 Å². The molecule has 0 radical (unpaired) electrons. The highest BCUT2D eigenvalue weighted by atomic mass is 19.1. The average molecular weight is 481 g/mol. The smallest absolute Gasteiger partial charge is 0.184 e. The van der Waals surface area contributed by atoms with Crippen molar-refractivity contribution in [2.75, 3.05) is 54.9 Å². The van der Waals surface area contributed by atoms with Crippen molar-refractivity contribution >= 4 is 22.9 Å². The zero-order valence-corrected chi connectivity index (χ0v) is 20.5. The number of nitrogens with two attached hydrogens (primary N) is 1. The van der Waals surface area contributed by atoms with Crippen molar-refractivity contribution in [3.63, 3.8) is 0 Å². The van der Waals surface area contributed by atoms with Crippen LogP contribution in [0.1, 0.15) is 24.5 Å². The molecule has 1 fully saturated rings. The second-order valence-corrected chi connectivity index (χ2v) is 8.99. The lowest BCUT2D eigenvalue weighted by molar-refractivity contribution is 0.271. The molecule has 186 valence electrons. The topological polar surface area (TPSA) is 60.1 Å². The van der Waals surface area contributed by atoms with Gasteiger partial charge < -0.3 is 25.8 Å². The molecule has 2 aliphatic heterocycles. The molecule has 0 spiro atoms. The summed E-state index contributed by atoms with van der Waals surface area (Å²) in [6, 6.07) is 11.5. The lowest BCUT2D eigenvalue weighted by atomic mass is 9.97. The van der Waals surface area contributed by atoms with Gasteiger partial charge in [-0.15, -0.1) is 0 Å². The molecular formula is C27H34F2N6. The van der Waals surface area contributed by atoms with E-state index in [0.717, 1.165) is 44.1 Å². The second kappa shape index (κ2) is 10.9. The minimum Gasteiger partial charge on any atom is -0.400 e. The number of hydrogen-bond donors (Lipinski definition) is 2. The predicted octanol–water partition coefficient (Wildman–Crippen LogP) is 4.64. The Labute approximate surface area is 206 Å². The van der Waals surface area contributed by atoms with Gasteiger partial charge in [-0.05, 0) is 55.3 Å². The standard InChI is InChI=1S/C27H34F2N6/c1-4-31-27(32-20-8-10-21(11-9-20)35-16-14-34(5-2)15-17-35)26(29)23(30)12-6-19-7-13-24-22(25(19)28)18-33(24)3/h4,7-11,13H,1,5-6,12,14-18,30H2,2-3H3,(H,31,32)/b26-23+. The minimum absolute atomic E-state index is 0.0129. The third-order valence-corrected chi connectivity index (χ3v) is 6.79. The molecule has 2 heterocycles. The van der Waals surface area contributed by atoms with Crippen LogP contribution >= 0.6 is 0 Å². The number of benzene rings is 2. The van der Waals surface area contributed by atoms with Gasteiger partial charge in [0.15, 0.2) is 11.7 Å². The molecule has 8 heteroatoms. The number of anilines is 3. The zero-order valence-electron chi connectivity index (χ0n) is 20.5. The summed E-state index contributed by atoms with van der Waals surface area (Å²) in [5.74, 6) is -0.891. The Kier molecular flexibility index (Phi) is 7.70. The Hall–Kier alpha value is -3.39. The third-order valence-electron chi connectivity index (χ3n) is 6.79. The Bertz CT molecular complexity index is 1120. The van der Waals surface area contributed by atoms with Gasteiger partial charge in [0.2, 0.25) is 0 Å². The zero-order chi connectivity index (χ0) is 24.9. The van der Waals surface area contributed by atoms with Gasteiger partial charge in [0.1, 0.15) is 5.82 Å². The summed E-state index contributed by atoms with van der Waals surface area (Å²) in [7, 11) is 1.92. The maximum atomic E-state index is 15.2. The number of halogens is 2. The van der Waals surface area contributed by atoms with E-state index in [1.165, 1.54) is 6.20 Å². The first kappa shape index (κ1) is 24.7. The summed E-state index contributed by atoms with van der Waals surface area (Å²) in [6.07, 6.45) is 1.76. The molecule has 4 rings (SSSR count). The van der Waals surface area contributed by atoms with Crippen LogP contribution in [0.2, 0.25) is 0 Å². The Morgan fingerprint density at radius 1 is 1.14 bits per heavy atom. The molecule has 2 aromatic rings. The number of rotatable bonds is 8. The molecule has 0 amide bonds. The van der Waals surface area contributed by atoms with E-state index in [0.29, 0.717) is 29.8 Å². The van der Waals surface area contributed by atoms with Gasteiger partial charge in [0.05, 0.1) is 0 Å². The lowest BCUT2D eigenvalue weighted by Gasteiger charge is -2.35. The minimum atomic E-state index is -0.659. The molecule has 3 N–H and O–H groups in total. The van der Waals surface area contributed by atoms with Crippen LogP contribution in [0, 0.1) is 5.82 Å². The highest BCUT2D eigenvalue weighted by molar-refractivity contribution is 6.07. The van der Waals surface area contributed by atoms with Crippen molar-refractivity contribution in [3.8, 4) is 0 Å². The summed E-state index contributed by atoms with van der Waals surface area (Å²) >= 11 is 0. The predicted molar refractivity (Wildman–Crippen MR) is 141 cm³/mol.